The number of amides is 2. The van der Waals surface area contributed by atoms with Crippen LogP contribution in [0.25, 0.3) is 0 Å². The number of aromatic nitrogens is 2. The van der Waals surface area contributed by atoms with Crippen molar-refractivity contribution in [3.63, 3.8) is 0 Å². The van der Waals surface area contributed by atoms with E-state index in [0.29, 0.717) is 32.0 Å². The fraction of sp³-hybridized carbons (Fsp3) is 0.625. The fourth-order valence-electron chi connectivity index (χ4n) is 2.56. The Kier molecular flexibility index (Phi) is 6.13. The third kappa shape index (κ3) is 4.56. The maximum Gasteiger partial charge on any atom is 0.293 e. The number of nitrogens with one attached hydrogen (secondary N) is 1. The number of nitrogens with zero attached hydrogens (tertiary/aromatic N) is 4. The molecule has 1 aromatic heterocycles. The topological polar surface area (TPSA) is 114 Å². The SMILES string of the molecule is CC(C)[C@H](N)C(=O)NCC(=O)N1CCN(c2nccn(C)c2=O)CC1. The van der Waals surface area contributed by atoms with Crippen LogP contribution in [0.4, 0.5) is 5.82 Å². The molecule has 25 heavy (non-hydrogen) atoms. The van der Waals surface area contributed by atoms with Crippen molar-refractivity contribution in [2.75, 3.05) is 37.6 Å². The summed E-state index contributed by atoms with van der Waals surface area (Å²) >= 11 is 0. The smallest absolute Gasteiger partial charge is 0.293 e. The molecule has 1 saturated heterocycles. The van der Waals surface area contributed by atoms with Crippen LogP contribution >= 0.6 is 0 Å². The predicted molar refractivity (Wildman–Crippen MR) is 94.1 cm³/mol. The highest BCUT2D eigenvalue weighted by Crippen LogP contribution is 2.08. The summed E-state index contributed by atoms with van der Waals surface area (Å²) in [6, 6.07) is -0.620. The summed E-state index contributed by atoms with van der Waals surface area (Å²) < 4.78 is 1.48. The molecule has 1 aliphatic heterocycles. The zero-order valence-corrected chi connectivity index (χ0v) is 14.9. The van der Waals surface area contributed by atoms with E-state index in [-0.39, 0.29) is 29.8 Å². The lowest BCUT2D eigenvalue weighted by atomic mass is 10.1. The molecule has 2 amide bonds. The Labute approximate surface area is 146 Å². The molecular formula is C16H26N6O3. The average molecular weight is 350 g/mol. The lowest BCUT2D eigenvalue weighted by Gasteiger charge is -2.35. The molecule has 0 radical (unpaired) electrons. The van der Waals surface area contributed by atoms with Gasteiger partial charge in [0.25, 0.3) is 5.56 Å². The van der Waals surface area contributed by atoms with E-state index in [1.165, 1.54) is 4.57 Å². The van der Waals surface area contributed by atoms with Gasteiger partial charge in [0.15, 0.2) is 5.82 Å². The largest absolute Gasteiger partial charge is 0.348 e. The zero-order chi connectivity index (χ0) is 18.6. The first-order valence-electron chi connectivity index (χ1n) is 8.39. The lowest BCUT2D eigenvalue weighted by Crippen LogP contribution is -2.53. The standard InChI is InChI=1S/C16H26N6O3/c1-11(2)13(17)15(24)19-10-12(23)21-6-8-22(9-7-21)14-16(25)20(3)5-4-18-14/h4-5,11,13H,6-10,17H2,1-3H3,(H,19,24)/t13-/m0/s1. The molecule has 0 aromatic carbocycles. The van der Waals surface area contributed by atoms with Gasteiger partial charge in [-0.2, -0.15) is 0 Å². The van der Waals surface area contributed by atoms with Crippen LogP contribution in [0.1, 0.15) is 13.8 Å². The van der Waals surface area contributed by atoms with Crippen molar-refractivity contribution in [3.05, 3.63) is 22.7 Å². The number of piperazine rings is 1. The van der Waals surface area contributed by atoms with E-state index in [1.807, 2.05) is 18.7 Å². The Balaban J connectivity index is 1.85. The molecule has 0 saturated carbocycles. The fourth-order valence-corrected chi connectivity index (χ4v) is 2.56. The molecule has 3 N–H and O–H groups in total. The Morgan fingerprint density at radius 3 is 2.52 bits per heavy atom. The van der Waals surface area contributed by atoms with Crippen LogP contribution in [0, 0.1) is 5.92 Å². The van der Waals surface area contributed by atoms with E-state index in [2.05, 4.69) is 10.3 Å². The van der Waals surface area contributed by atoms with Gasteiger partial charge in [-0.05, 0) is 5.92 Å². The van der Waals surface area contributed by atoms with Gasteiger partial charge in [0, 0.05) is 45.6 Å². The van der Waals surface area contributed by atoms with E-state index in [0.717, 1.165) is 0 Å². The summed E-state index contributed by atoms with van der Waals surface area (Å²) in [7, 11) is 1.68. The van der Waals surface area contributed by atoms with E-state index in [1.54, 1.807) is 24.3 Å². The summed E-state index contributed by atoms with van der Waals surface area (Å²) in [5.41, 5.74) is 5.60. The molecule has 1 atom stereocenters. The molecule has 0 aliphatic carbocycles. The van der Waals surface area contributed by atoms with E-state index >= 15 is 0 Å². The minimum Gasteiger partial charge on any atom is -0.348 e. The molecule has 9 heteroatoms. The second-order valence-corrected chi connectivity index (χ2v) is 6.52. The summed E-state index contributed by atoms with van der Waals surface area (Å²) in [6.07, 6.45) is 3.19. The van der Waals surface area contributed by atoms with Gasteiger partial charge in [-0.25, -0.2) is 4.98 Å². The molecule has 138 valence electrons. The number of hydrogen-bond donors (Lipinski definition) is 2. The molecule has 1 fully saturated rings. The van der Waals surface area contributed by atoms with Crippen LogP contribution in [0.3, 0.4) is 0 Å². The van der Waals surface area contributed by atoms with Gasteiger partial charge < -0.3 is 25.4 Å². The number of carbonyl (C=O) groups is 2. The van der Waals surface area contributed by atoms with Crippen LogP contribution in [-0.2, 0) is 16.6 Å². The quantitative estimate of drug-likeness (QED) is 0.670. The third-order valence-corrected chi connectivity index (χ3v) is 4.37. The van der Waals surface area contributed by atoms with Crippen LogP contribution in [-0.4, -0.2) is 65.0 Å². The highest BCUT2D eigenvalue weighted by atomic mass is 16.2. The Hall–Kier alpha value is -2.42. The summed E-state index contributed by atoms with van der Waals surface area (Å²) in [5.74, 6) is -0.0650. The minimum absolute atomic E-state index is 0.0135. The first-order chi connectivity index (χ1) is 11.8. The Bertz CT molecular complexity index is 679. The predicted octanol–water partition coefficient (Wildman–Crippen LogP) is -1.47. The molecule has 1 aromatic rings. The van der Waals surface area contributed by atoms with Gasteiger partial charge in [-0.1, -0.05) is 13.8 Å². The highest BCUT2D eigenvalue weighted by Gasteiger charge is 2.24. The summed E-state index contributed by atoms with van der Waals surface area (Å²) in [6.45, 7) is 5.65. The van der Waals surface area contributed by atoms with Gasteiger partial charge >= 0.3 is 0 Å². The molecule has 0 spiro atoms. The highest BCUT2D eigenvalue weighted by molar-refractivity contribution is 5.87. The van der Waals surface area contributed by atoms with Gasteiger partial charge in [-0.3, -0.25) is 14.4 Å². The van der Waals surface area contributed by atoms with Crippen molar-refractivity contribution >= 4 is 17.6 Å². The Morgan fingerprint density at radius 2 is 1.92 bits per heavy atom. The number of aryl methyl sites for hydroxylation is 1. The second-order valence-electron chi connectivity index (χ2n) is 6.52. The number of hydrogen-bond acceptors (Lipinski definition) is 6. The second kappa shape index (κ2) is 8.11. The van der Waals surface area contributed by atoms with Crippen molar-refractivity contribution in [2.45, 2.75) is 19.9 Å². The van der Waals surface area contributed by atoms with Crippen LogP contribution in [0.15, 0.2) is 17.2 Å². The molecule has 2 heterocycles. The molecule has 9 nitrogen and oxygen atoms in total. The van der Waals surface area contributed by atoms with E-state index in [4.69, 9.17) is 5.73 Å². The number of rotatable bonds is 5. The summed E-state index contributed by atoms with van der Waals surface area (Å²) in [4.78, 5) is 43.8. The number of anilines is 1. The van der Waals surface area contributed by atoms with Crippen molar-refractivity contribution < 1.29 is 9.59 Å². The number of nitrogens with two attached hydrogens (primary N) is 1. The van der Waals surface area contributed by atoms with Crippen molar-refractivity contribution in [2.24, 2.45) is 18.7 Å². The number of carbonyl (C=O) groups excluding carboxylic acids is 2. The third-order valence-electron chi connectivity index (χ3n) is 4.37. The zero-order valence-electron chi connectivity index (χ0n) is 14.9. The molecule has 0 bridgehead atoms. The minimum atomic E-state index is -0.620. The molecule has 1 aliphatic rings. The molecule has 2 rings (SSSR count). The normalized spacial score (nSPS) is 16.0. The van der Waals surface area contributed by atoms with Crippen LogP contribution in [0.2, 0.25) is 0 Å². The molecular weight excluding hydrogens is 324 g/mol. The first kappa shape index (κ1) is 18.9. The lowest BCUT2D eigenvalue weighted by molar-refractivity contribution is -0.133. The van der Waals surface area contributed by atoms with E-state index < -0.39 is 6.04 Å². The first-order valence-corrected chi connectivity index (χ1v) is 8.39. The molecule has 0 unspecified atom stereocenters. The van der Waals surface area contributed by atoms with Gasteiger partial charge in [0.05, 0.1) is 12.6 Å². The Morgan fingerprint density at radius 1 is 1.28 bits per heavy atom. The monoisotopic (exact) mass is 350 g/mol. The van der Waals surface area contributed by atoms with Gasteiger partial charge in [-0.15, -0.1) is 0 Å². The van der Waals surface area contributed by atoms with Crippen molar-refractivity contribution in [1.29, 1.82) is 0 Å². The van der Waals surface area contributed by atoms with Crippen LogP contribution < -0.4 is 21.5 Å². The van der Waals surface area contributed by atoms with E-state index in [9.17, 15) is 14.4 Å². The maximum absolute atomic E-state index is 12.2. The van der Waals surface area contributed by atoms with Crippen molar-refractivity contribution in [3.8, 4) is 0 Å². The van der Waals surface area contributed by atoms with Crippen molar-refractivity contribution in [1.82, 2.24) is 19.8 Å². The van der Waals surface area contributed by atoms with Gasteiger partial charge in [0.2, 0.25) is 11.8 Å². The summed E-state index contributed by atoms with van der Waals surface area (Å²) in [5, 5.41) is 2.59. The van der Waals surface area contributed by atoms with Gasteiger partial charge in [0.1, 0.15) is 0 Å². The maximum atomic E-state index is 12.2. The average Bonchev–Trinajstić information content (AvgIpc) is 2.61. The van der Waals surface area contributed by atoms with Crippen LogP contribution in [0.5, 0.6) is 0 Å².